The minimum atomic E-state index is -0.0333. The van der Waals surface area contributed by atoms with E-state index in [2.05, 4.69) is 17.6 Å². The van der Waals surface area contributed by atoms with Crippen molar-refractivity contribution in [3.63, 3.8) is 0 Å². The molecule has 0 aliphatic rings. The molecule has 0 saturated carbocycles. The van der Waals surface area contributed by atoms with Crippen molar-refractivity contribution < 1.29 is 4.79 Å². The first kappa shape index (κ1) is 12.4. The summed E-state index contributed by atoms with van der Waals surface area (Å²) in [5.74, 6) is -0.0556. The summed E-state index contributed by atoms with van der Waals surface area (Å²) < 4.78 is 0. The molecule has 0 aromatic heterocycles. The van der Waals surface area contributed by atoms with E-state index in [1.807, 2.05) is 13.8 Å². The lowest BCUT2D eigenvalue weighted by Gasteiger charge is -2.10. The zero-order valence-corrected chi connectivity index (χ0v) is 9.33. The fraction of sp³-hybridized carbons (Fsp3) is 0.778. The van der Waals surface area contributed by atoms with E-state index in [0.717, 1.165) is 19.4 Å². The molecule has 0 bridgehead atoms. The van der Waals surface area contributed by atoms with E-state index in [9.17, 15) is 4.79 Å². The first-order valence-electron chi connectivity index (χ1n) is 4.66. The molecule has 0 radical (unpaired) electrons. The van der Waals surface area contributed by atoms with Gasteiger partial charge in [-0.2, -0.15) is 0 Å². The summed E-state index contributed by atoms with van der Waals surface area (Å²) in [6.07, 6.45) is 2.19. The zero-order valence-electron chi connectivity index (χ0n) is 8.52. The van der Waals surface area contributed by atoms with Gasteiger partial charge in [0.25, 0.3) is 0 Å². The van der Waals surface area contributed by atoms with Crippen LogP contribution in [0.3, 0.4) is 0 Å². The number of nitrogens with one attached hydrogen (secondary N) is 2. The maximum Gasteiger partial charge on any atom is 0.228 e. The summed E-state index contributed by atoms with van der Waals surface area (Å²) in [6.45, 7) is 6.61. The smallest absolute Gasteiger partial charge is 0.228 e. The Balaban J connectivity index is 3.56. The molecule has 0 atom stereocenters. The highest BCUT2D eigenvalue weighted by molar-refractivity contribution is 7.80. The first-order chi connectivity index (χ1) is 6.07. The van der Waals surface area contributed by atoms with E-state index >= 15 is 0 Å². The van der Waals surface area contributed by atoms with Crippen molar-refractivity contribution >= 4 is 23.2 Å². The van der Waals surface area contributed by atoms with Gasteiger partial charge in [-0.05, 0) is 18.6 Å². The second-order valence-electron chi connectivity index (χ2n) is 3.25. The lowest BCUT2D eigenvalue weighted by atomic mass is 10.2. The summed E-state index contributed by atoms with van der Waals surface area (Å²) in [7, 11) is 0. The van der Waals surface area contributed by atoms with Gasteiger partial charge < -0.3 is 10.6 Å². The van der Waals surface area contributed by atoms with Gasteiger partial charge in [0.05, 0.1) is 0 Å². The van der Waals surface area contributed by atoms with Crippen molar-refractivity contribution in [2.45, 2.75) is 33.6 Å². The van der Waals surface area contributed by atoms with Gasteiger partial charge in [0.1, 0.15) is 0 Å². The number of unbranched alkanes of at least 4 members (excludes halogenated alkanes) is 1. The molecule has 0 aliphatic carbocycles. The molecule has 3 nitrogen and oxygen atoms in total. The lowest BCUT2D eigenvalue weighted by molar-refractivity contribution is -0.122. The molecule has 0 aromatic rings. The highest BCUT2D eigenvalue weighted by Crippen LogP contribution is 1.90. The van der Waals surface area contributed by atoms with Gasteiger partial charge in [-0.1, -0.05) is 27.2 Å². The summed E-state index contributed by atoms with van der Waals surface area (Å²) >= 11 is 4.92. The molecular formula is C9H18N2OS. The Morgan fingerprint density at radius 3 is 2.54 bits per heavy atom. The average molecular weight is 202 g/mol. The number of carbonyl (C=O) groups excluding carboxylic acids is 1. The molecule has 76 valence electrons. The predicted octanol–water partition coefficient (Wildman–Crippen LogP) is 1.43. The van der Waals surface area contributed by atoms with Crippen molar-refractivity contribution in [1.29, 1.82) is 0 Å². The first-order valence-corrected chi connectivity index (χ1v) is 5.07. The van der Waals surface area contributed by atoms with Crippen LogP contribution in [0.5, 0.6) is 0 Å². The molecule has 0 unspecified atom stereocenters. The van der Waals surface area contributed by atoms with Crippen molar-refractivity contribution in [1.82, 2.24) is 10.6 Å². The standard InChI is InChI=1S/C9H18N2OS/c1-4-5-6-10-9(13)11-8(12)7(2)3/h7H,4-6H2,1-3H3,(H2,10,11,12,13). The fourth-order valence-electron chi connectivity index (χ4n) is 0.679. The van der Waals surface area contributed by atoms with E-state index in [4.69, 9.17) is 12.2 Å². The Hall–Kier alpha value is -0.640. The predicted molar refractivity (Wildman–Crippen MR) is 58.5 cm³/mol. The Morgan fingerprint density at radius 2 is 2.08 bits per heavy atom. The molecule has 0 rings (SSSR count). The van der Waals surface area contributed by atoms with Gasteiger partial charge in [0, 0.05) is 12.5 Å². The number of hydrogen-bond donors (Lipinski definition) is 2. The number of carbonyl (C=O) groups is 1. The SMILES string of the molecule is CCCCNC(=S)NC(=O)C(C)C. The highest BCUT2D eigenvalue weighted by Gasteiger charge is 2.07. The van der Waals surface area contributed by atoms with Gasteiger partial charge in [0.15, 0.2) is 5.11 Å². The molecule has 0 saturated heterocycles. The maximum atomic E-state index is 11.1. The minimum Gasteiger partial charge on any atom is -0.362 e. The molecule has 0 heterocycles. The van der Waals surface area contributed by atoms with Crippen LogP contribution in [-0.2, 0) is 4.79 Å². The van der Waals surface area contributed by atoms with Crippen LogP contribution in [0.2, 0.25) is 0 Å². The van der Waals surface area contributed by atoms with Crippen molar-refractivity contribution in [3.05, 3.63) is 0 Å². The van der Waals surface area contributed by atoms with Crippen LogP contribution < -0.4 is 10.6 Å². The third-order valence-electron chi connectivity index (χ3n) is 1.58. The monoisotopic (exact) mass is 202 g/mol. The molecule has 0 aliphatic heterocycles. The van der Waals surface area contributed by atoms with Crippen LogP contribution in [-0.4, -0.2) is 17.6 Å². The minimum absolute atomic E-state index is 0.0223. The molecule has 0 spiro atoms. The van der Waals surface area contributed by atoms with E-state index in [-0.39, 0.29) is 11.8 Å². The Morgan fingerprint density at radius 1 is 1.46 bits per heavy atom. The molecule has 13 heavy (non-hydrogen) atoms. The lowest BCUT2D eigenvalue weighted by Crippen LogP contribution is -2.41. The van der Waals surface area contributed by atoms with E-state index in [1.165, 1.54) is 0 Å². The number of rotatable bonds is 4. The molecule has 4 heteroatoms. The van der Waals surface area contributed by atoms with Gasteiger partial charge in [-0.15, -0.1) is 0 Å². The number of thiocarbonyl (C=S) groups is 1. The van der Waals surface area contributed by atoms with Crippen molar-refractivity contribution in [2.24, 2.45) is 5.92 Å². The zero-order chi connectivity index (χ0) is 10.3. The molecule has 1 amide bonds. The average Bonchev–Trinajstić information content (AvgIpc) is 2.04. The molecule has 0 aromatic carbocycles. The summed E-state index contributed by atoms with van der Waals surface area (Å²) in [4.78, 5) is 11.1. The van der Waals surface area contributed by atoms with Gasteiger partial charge in [-0.3, -0.25) is 4.79 Å². The third-order valence-corrected chi connectivity index (χ3v) is 1.82. The quantitative estimate of drug-likeness (QED) is 0.535. The van der Waals surface area contributed by atoms with Crippen LogP contribution in [0.1, 0.15) is 33.6 Å². The molecular weight excluding hydrogens is 184 g/mol. The van der Waals surface area contributed by atoms with Crippen LogP contribution in [0.4, 0.5) is 0 Å². The topological polar surface area (TPSA) is 41.1 Å². The molecule has 0 fully saturated rings. The van der Waals surface area contributed by atoms with Crippen LogP contribution in [0.25, 0.3) is 0 Å². The Bertz CT molecular complexity index is 180. The third kappa shape index (κ3) is 6.51. The largest absolute Gasteiger partial charge is 0.362 e. The van der Waals surface area contributed by atoms with E-state index in [0.29, 0.717) is 5.11 Å². The number of amides is 1. The van der Waals surface area contributed by atoms with Crippen molar-refractivity contribution in [3.8, 4) is 0 Å². The summed E-state index contributed by atoms with van der Waals surface area (Å²) in [5, 5.41) is 6.03. The number of hydrogen-bond acceptors (Lipinski definition) is 2. The van der Waals surface area contributed by atoms with E-state index < -0.39 is 0 Å². The summed E-state index contributed by atoms with van der Waals surface area (Å²) in [5.41, 5.74) is 0. The van der Waals surface area contributed by atoms with Crippen LogP contribution >= 0.6 is 12.2 Å². The van der Waals surface area contributed by atoms with E-state index in [1.54, 1.807) is 0 Å². The van der Waals surface area contributed by atoms with Crippen LogP contribution in [0, 0.1) is 5.92 Å². The van der Waals surface area contributed by atoms with Gasteiger partial charge >= 0.3 is 0 Å². The van der Waals surface area contributed by atoms with Gasteiger partial charge in [-0.25, -0.2) is 0 Å². The summed E-state index contributed by atoms with van der Waals surface area (Å²) in [6, 6.07) is 0. The second-order valence-corrected chi connectivity index (χ2v) is 3.66. The Labute approximate surface area is 85.3 Å². The van der Waals surface area contributed by atoms with Crippen molar-refractivity contribution in [2.75, 3.05) is 6.54 Å². The molecule has 2 N–H and O–H groups in total. The van der Waals surface area contributed by atoms with Crippen LogP contribution in [0.15, 0.2) is 0 Å². The maximum absolute atomic E-state index is 11.1. The normalized spacial score (nSPS) is 9.85. The van der Waals surface area contributed by atoms with Gasteiger partial charge in [0.2, 0.25) is 5.91 Å². The second kappa shape index (κ2) is 6.83. The Kier molecular flexibility index (Phi) is 6.49. The highest BCUT2D eigenvalue weighted by atomic mass is 32.1. The fourth-order valence-corrected chi connectivity index (χ4v) is 0.882.